The fourth-order valence-corrected chi connectivity index (χ4v) is 2.31. The maximum atomic E-state index is 10.7. The second kappa shape index (κ2) is 5.87. The molecule has 0 radical (unpaired) electrons. The standard InChI is InChI=1S/C14H19NO3/c1-15-7-3-6-13(10-15)18-12-5-2-4-11(8-12)9-14(16)17/h2,4-5,8,13H,3,6-7,9-10H2,1H3,(H,16,17). The van der Waals surface area contributed by atoms with E-state index in [2.05, 4.69) is 11.9 Å². The number of carbonyl (C=O) groups is 1. The molecule has 18 heavy (non-hydrogen) atoms. The smallest absolute Gasteiger partial charge is 0.307 e. The van der Waals surface area contributed by atoms with Gasteiger partial charge in [0.15, 0.2) is 0 Å². The molecule has 2 rings (SSSR count). The Hall–Kier alpha value is -1.55. The van der Waals surface area contributed by atoms with Crippen molar-refractivity contribution >= 4 is 5.97 Å². The summed E-state index contributed by atoms with van der Waals surface area (Å²) in [4.78, 5) is 12.9. The van der Waals surface area contributed by atoms with Crippen molar-refractivity contribution in [3.63, 3.8) is 0 Å². The molecule has 1 N–H and O–H groups in total. The molecule has 0 aliphatic carbocycles. The zero-order chi connectivity index (χ0) is 13.0. The lowest BCUT2D eigenvalue weighted by atomic mass is 10.1. The SMILES string of the molecule is CN1CCCC(Oc2cccc(CC(=O)O)c2)C1. The average molecular weight is 249 g/mol. The number of nitrogens with zero attached hydrogens (tertiary/aromatic N) is 1. The third-order valence-corrected chi connectivity index (χ3v) is 3.14. The van der Waals surface area contributed by atoms with Crippen LogP contribution in [-0.2, 0) is 11.2 Å². The molecule has 1 aromatic rings. The highest BCUT2D eigenvalue weighted by Crippen LogP contribution is 2.19. The number of piperidine rings is 1. The van der Waals surface area contributed by atoms with Crippen LogP contribution >= 0.6 is 0 Å². The van der Waals surface area contributed by atoms with Crippen LogP contribution in [-0.4, -0.2) is 42.2 Å². The van der Waals surface area contributed by atoms with E-state index in [-0.39, 0.29) is 12.5 Å². The number of hydrogen-bond acceptors (Lipinski definition) is 3. The summed E-state index contributed by atoms with van der Waals surface area (Å²) >= 11 is 0. The highest BCUT2D eigenvalue weighted by Gasteiger charge is 2.18. The van der Waals surface area contributed by atoms with E-state index in [0.29, 0.717) is 0 Å². The Bertz CT molecular complexity index is 419. The Kier molecular flexibility index (Phi) is 4.20. The average Bonchev–Trinajstić information content (AvgIpc) is 2.28. The number of rotatable bonds is 4. The maximum absolute atomic E-state index is 10.7. The molecular formula is C14H19NO3. The van der Waals surface area contributed by atoms with Crippen molar-refractivity contribution < 1.29 is 14.6 Å². The molecule has 4 nitrogen and oxygen atoms in total. The molecule has 98 valence electrons. The van der Waals surface area contributed by atoms with Crippen molar-refractivity contribution in [2.75, 3.05) is 20.1 Å². The molecule has 1 unspecified atom stereocenters. The van der Waals surface area contributed by atoms with Gasteiger partial charge in [-0.1, -0.05) is 12.1 Å². The number of hydrogen-bond donors (Lipinski definition) is 1. The highest BCUT2D eigenvalue weighted by atomic mass is 16.5. The summed E-state index contributed by atoms with van der Waals surface area (Å²) in [6.45, 7) is 2.06. The molecule has 0 saturated carbocycles. The summed E-state index contributed by atoms with van der Waals surface area (Å²) in [6.07, 6.45) is 2.47. The van der Waals surface area contributed by atoms with E-state index in [1.807, 2.05) is 24.3 Å². The summed E-state index contributed by atoms with van der Waals surface area (Å²) in [6, 6.07) is 7.37. The monoisotopic (exact) mass is 249 g/mol. The zero-order valence-corrected chi connectivity index (χ0v) is 10.6. The Labute approximate surface area is 107 Å². The minimum atomic E-state index is -0.815. The van der Waals surface area contributed by atoms with Crippen LogP contribution in [0.3, 0.4) is 0 Å². The number of aliphatic carboxylic acids is 1. The van der Waals surface area contributed by atoms with E-state index in [0.717, 1.165) is 37.2 Å². The quantitative estimate of drug-likeness (QED) is 0.883. The number of carboxylic acid groups (broad SMARTS) is 1. The second-order valence-electron chi connectivity index (χ2n) is 4.86. The van der Waals surface area contributed by atoms with Gasteiger partial charge in [-0.2, -0.15) is 0 Å². The summed E-state index contributed by atoms with van der Waals surface area (Å²) in [5.41, 5.74) is 0.782. The van der Waals surface area contributed by atoms with Gasteiger partial charge in [-0.15, -0.1) is 0 Å². The van der Waals surface area contributed by atoms with Gasteiger partial charge in [0.25, 0.3) is 0 Å². The molecule has 1 fully saturated rings. The Morgan fingerprint density at radius 2 is 2.39 bits per heavy atom. The number of carboxylic acids is 1. The van der Waals surface area contributed by atoms with Crippen molar-refractivity contribution in [2.24, 2.45) is 0 Å². The van der Waals surface area contributed by atoms with Crippen LogP contribution < -0.4 is 4.74 Å². The summed E-state index contributed by atoms with van der Waals surface area (Å²) in [7, 11) is 2.09. The van der Waals surface area contributed by atoms with Gasteiger partial charge in [0.05, 0.1) is 6.42 Å². The van der Waals surface area contributed by atoms with Gasteiger partial charge in [0.1, 0.15) is 11.9 Å². The summed E-state index contributed by atoms with van der Waals surface area (Å²) < 4.78 is 5.91. The van der Waals surface area contributed by atoms with Gasteiger partial charge in [0, 0.05) is 6.54 Å². The third kappa shape index (κ3) is 3.74. The summed E-state index contributed by atoms with van der Waals surface area (Å²) in [5, 5.41) is 8.77. The molecule has 1 aliphatic heterocycles. The molecule has 0 amide bonds. The predicted octanol–water partition coefficient (Wildman–Crippen LogP) is 1.79. The predicted molar refractivity (Wildman–Crippen MR) is 68.9 cm³/mol. The van der Waals surface area contributed by atoms with Gasteiger partial charge < -0.3 is 14.7 Å². The van der Waals surface area contributed by atoms with E-state index in [4.69, 9.17) is 9.84 Å². The lowest BCUT2D eigenvalue weighted by Gasteiger charge is -2.30. The van der Waals surface area contributed by atoms with Crippen LogP contribution in [0, 0.1) is 0 Å². The lowest BCUT2D eigenvalue weighted by Crippen LogP contribution is -2.38. The van der Waals surface area contributed by atoms with Gasteiger partial charge in [-0.25, -0.2) is 0 Å². The molecule has 0 bridgehead atoms. The molecule has 0 aromatic heterocycles. The first-order valence-electron chi connectivity index (χ1n) is 6.29. The largest absolute Gasteiger partial charge is 0.489 e. The first-order valence-corrected chi connectivity index (χ1v) is 6.29. The van der Waals surface area contributed by atoms with Crippen molar-refractivity contribution in [3.05, 3.63) is 29.8 Å². The third-order valence-electron chi connectivity index (χ3n) is 3.14. The van der Waals surface area contributed by atoms with Crippen LogP contribution in [0.2, 0.25) is 0 Å². The lowest BCUT2D eigenvalue weighted by molar-refractivity contribution is -0.136. The van der Waals surface area contributed by atoms with Crippen LogP contribution in [0.4, 0.5) is 0 Å². The fraction of sp³-hybridized carbons (Fsp3) is 0.500. The molecule has 1 saturated heterocycles. The van der Waals surface area contributed by atoms with Crippen molar-refractivity contribution in [1.29, 1.82) is 0 Å². The Morgan fingerprint density at radius 3 is 3.11 bits per heavy atom. The highest BCUT2D eigenvalue weighted by molar-refractivity contribution is 5.70. The van der Waals surface area contributed by atoms with Gasteiger partial charge in [-0.05, 0) is 44.1 Å². The fourth-order valence-electron chi connectivity index (χ4n) is 2.31. The molecular weight excluding hydrogens is 230 g/mol. The minimum absolute atomic E-state index is 0.0434. The zero-order valence-electron chi connectivity index (χ0n) is 10.6. The molecule has 0 spiro atoms. The van der Waals surface area contributed by atoms with Crippen LogP contribution in [0.5, 0.6) is 5.75 Å². The van der Waals surface area contributed by atoms with E-state index in [1.54, 1.807) is 0 Å². The molecule has 1 heterocycles. The molecule has 1 aliphatic rings. The number of benzene rings is 1. The topological polar surface area (TPSA) is 49.8 Å². The first kappa shape index (κ1) is 12.9. The van der Waals surface area contributed by atoms with E-state index in [1.165, 1.54) is 0 Å². The number of likely N-dealkylation sites (tertiary alicyclic amines) is 1. The molecule has 1 aromatic carbocycles. The number of ether oxygens (including phenoxy) is 1. The van der Waals surface area contributed by atoms with E-state index in [9.17, 15) is 4.79 Å². The second-order valence-corrected chi connectivity index (χ2v) is 4.86. The van der Waals surface area contributed by atoms with Crippen LogP contribution in [0.1, 0.15) is 18.4 Å². The van der Waals surface area contributed by atoms with Crippen LogP contribution in [0.25, 0.3) is 0 Å². The van der Waals surface area contributed by atoms with E-state index < -0.39 is 5.97 Å². The molecule has 1 atom stereocenters. The van der Waals surface area contributed by atoms with Gasteiger partial charge in [-0.3, -0.25) is 4.79 Å². The van der Waals surface area contributed by atoms with E-state index >= 15 is 0 Å². The van der Waals surface area contributed by atoms with Gasteiger partial charge in [0.2, 0.25) is 0 Å². The van der Waals surface area contributed by atoms with Crippen molar-refractivity contribution in [1.82, 2.24) is 4.90 Å². The maximum Gasteiger partial charge on any atom is 0.307 e. The van der Waals surface area contributed by atoms with Gasteiger partial charge >= 0.3 is 5.97 Å². The Balaban J connectivity index is 1.98. The summed E-state index contributed by atoms with van der Waals surface area (Å²) in [5.74, 6) is -0.0430. The number of likely N-dealkylation sites (N-methyl/N-ethyl adjacent to an activating group) is 1. The molecule has 4 heteroatoms. The van der Waals surface area contributed by atoms with Crippen molar-refractivity contribution in [3.8, 4) is 5.75 Å². The normalized spacial score (nSPS) is 20.6. The first-order chi connectivity index (χ1) is 8.63. The minimum Gasteiger partial charge on any atom is -0.489 e. The van der Waals surface area contributed by atoms with Crippen LogP contribution in [0.15, 0.2) is 24.3 Å². The van der Waals surface area contributed by atoms with Crippen molar-refractivity contribution in [2.45, 2.75) is 25.4 Å². The Morgan fingerprint density at radius 1 is 1.56 bits per heavy atom.